The molecule has 2 aromatic carbocycles. The summed E-state index contributed by atoms with van der Waals surface area (Å²) in [7, 11) is 1.66. The zero-order valence-electron chi connectivity index (χ0n) is 11.4. The number of benzene rings is 2. The molecule has 20 heavy (non-hydrogen) atoms. The molecule has 0 aliphatic carbocycles. The molecule has 0 aliphatic heterocycles. The van der Waals surface area contributed by atoms with E-state index in [2.05, 4.69) is 16.0 Å². The Morgan fingerprint density at radius 1 is 1.15 bits per heavy atom. The number of fused-ring (bicyclic) bond motifs is 1. The van der Waals surface area contributed by atoms with Crippen LogP contribution < -0.4 is 10.5 Å². The maximum atomic E-state index is 5.95. The minimum Gasteiger partial charge on any atom is -0.497 e. The predicted molar refractivity (Wildman–Crippen MR) is 80.9 cm³/mol. The van der Waals surface area contributed by atoms with E-state index < -0.39 is 0 Å². The molecule has 4 nitrogen and oxygen atoms in total. The van der Waals surface area contributed by atoms with Crippen molar-refractivity contribution in [3.63, 3.8) is 0 Å². The lowest BCUT2D eigenvalue weighted by atomic mass is 10.1. The highest BCUT2D eigenvalue weighted by atomic mass is 16.5. The normalized spacial score (nSPS) is 10.8. The van der Waals surface area contributed by atoms with Crippen molar-refractivity contribution in [2.24, 2.45) is 0 Å². The maximum Gasteiger partial charge on any atom is 0.121 e. The highest BCUT2D eigenvalue weighted by Gasteiger charge is 2.05. The topological polar surface area (TPSA) is 63.9 Å². The van der Waals surface area contributed by atoms with Gasteiger partial charge in [0.25, 0.3) is 0 Å². The van der Waals surface area contributed by atoms with Gasteiger partial charge in [-0.25, -0.2) is 4.98 Å². The van der Waals surface area contributed by atoms with Gasteiger partial charge < -0.3 is 15.5 Å². The summed E-state index contributed by atoms with van der Waals surface area (Å²) >= 11 is 0. The molecule has 0 atom stereocenters. The smallest absolute Gasteiger partial charge is 0.121 e. The van der Waals surface area contributed by atoms with Crippen LogP contribution in [0, 0.1) is 0 Å². The second-order valence-corrected chi connectivity index (χ2v) is 4.77. The van der Waals surface area contributed by atoms with Crippen molar-refractivity contribution in [2.75, 3.05) is 12.8 Å². The number of aromatic amines is 1. The fourth-order valence-corrected chi connectivity index (χ4v) is 2.30. The van der Waals surface area contributed by atoms with Crippen LogP contribution in [-0.2, 0) is 12.8 Å². The van der Waals surface area contributed by atoms with Gasteiger partial charge in [0, 0.05) is 18.2 Å². The summed E-state index contributed by atoms with van der Waals surface area (Å²) in [6.45, 7) is 0. The van der Waals surface area contributed by atoms with E-state index in [1.165, 1.54) is 0 Å². The Hall–Kier alpha value is -2.49. The second kappa shape index (κ2) is 5.25. The maximum absolute atomic E-state index is 5.95. The quantitative estimate of drug-likeness (QED) is 0.714. The van der Waals surface area contributed by atoms with Crippen LogP contribution in [0.4, 0.5) is 5.69 Å². The number of nitrogen functional groups attached to an aromatic ring is 1. The number of nitrogens with two attached hydrogens (primary N) is 1. The summed E-state index contributed by atoms with van der Waals surface area (Å²) in [6.07, 6.45) is 1.72. The summed E-state index contributed by atoms with van der Waals surface area (Å²) in [4.78, 5) is 7.91. The third kappa shape index (κ3) is 2.45. The van der Waals surface area contributed by atoms with Crippen LogP contribution >= 0.6 is 0 Å². The standard InChI is InChI=1S/C16H17N3O/c1-20-12-7-8-14-15(10-12)19-16(18-14)9-6-11-4-2-3-5-13(11)17/h2-5,7-8,10H,6,9,17H2,1H3,(H,18,19). The van der Waals surface area contributed by atoms with Crippen LogP contribution in [-0.4, -0.2) is 17.1 Å². The molecule has 4 heteroatoms. The van der Waals surface area contributed by atoms with E-state index in [1.807, 2.05) is 36.4 Å². The molecule has 0 unspecified atom stereocenters. The summed E-state index contributed by atoms with van der Waals surface area (Å²) < 4.78 is 5.21. The van der Waals surface area contributed by atoms with Crippen molar-refractivity contribution in [1.82, 2.24) is 9.97 Å². The summed E-state index contributed by atoms with van der Waals surface area (Å²) in [5.74, 6) is 1.80. The molecule has 0 aliphatic rings. The molecule has 1 aromatic heterocycles. The SMILES string of the molecule is COc1ccc2nc(CCc3ccccc3N)[nH]c2c1. The summed E-state index contributed by atoms with van der Waals surface area (Å²) in [6, 6.07) is 13.8. The molecule has 3 aromatic rings. The van der Waals surface area contributed by atoms with Crippen molar-refractivity contribution in [3.8, 4) is 5.75 Å². The number of H-pyrrole nitrogens is 1. The number of methoxy groups -OCH3 is 1. The number of aromatic nitrogens is 2. The number of hydrogen-bond donors (Lipinski definition) is 2. The van der Waals surface area contributed by atoms with Crippen molar-refractivity contribution < 1.29 is 4.74 Å². The van der Waals surface area contributed by atoms with E-state index in [9.17, 15) is 0 Å². The van der Waals surface area contributed by atoms with E-state index >= 15 is 0 Å². The Kier molecular flexibility index (Phi) is 3.29. The molecule has 1 heterocycles. The van der Waals surface area contributed by atoms with Gasteiger partial charge >= 0.3 is 0 Å². The van der Waals surface area contributed by atoms with Gasteiger partial charge in [0.15, 0.2) is 0 Å². The highest BCUT2D eigenvalue weighted by Crippen LogP contribution is 2.20. The van der Waals surface area contributed by atoms with Crippen LogP contribution in [0.1, 0.15) is 11.4 Å². The largest absolute Gasteiger partial charge is 0.497 e. The van der Waals surface area contributed by atoms with Crippen molar-refractivity contribution in [1.29, 1.82) is 0 Å². The number of nitrogens with one attached hydrogen (secondary N) is 1. The number of aryl methyl sites for hydroxylation is 2. The third-order valence-corrected chi connectivity index (χ3v) is 3.42. The zero-order valence-corrected chi connectivity index (χ0v) is 11.4. The van der Waals surface area contributed by atoms with Gasteiger partial charge in [-0.05, 0) is 30.2 Å². The molecule has 0 radical (unpaired) electrons. The summed E-state index contributed by atoms with van der Waals surface area (Å²) in [5, 5.41) is 0. The average Bonchev–Trinajstić information content (AvgIpc) is 2.88. The Bertz CT molecular complexity index is 733. The molecule has 102 valence electrons. The van der Waals surface area contributed by atoms with Gasteiger partial charge in [0.2, 0.25) is 0 Å². The van der Waals surface area contributed by atoms with E-state index in [-0.39, 0.29) is 0 Å². The monoisotopic (exact) mass is 267 g/mol. The molecular formula is C16H17N3O. The number of ether oxygens (including phenoxy) is 1. The fraction of sp³-hybridized carbons (Fsp3) is 0.188. The number of para-hydroxylation sites is 1. The van der Waals surface area contributed by atoms with Crippen LogP contribution in [0.3, 0.4) is 0 Å². The van der Waals surface area contributed by atoms with Crippen molar-refractivity contribution in [2.45, 2.75) is 12.8 Å². The number of hydrogen-bond acceptors (Lipinski definition) is 3. The van der Waals surface area contributed by atoms with E-state index in [4.69, 9.17) is 10.5 Å². The minimum absolute atomic E-state index is 0.833. The first-order valence-corrected chi connectivity index (χ1v) is 6.62. The van der Waals surface area contributed by atoms with Gasteiger partial charge in [-0.3, -0.25) is 0 Å². The van der Waals surface area contributed by atoms with Gasteiger partial charge in [-0.15, -0.1) is 0 Å². The van der Waals surface area contributed by atoms with Gasteiger partial charge in [-0.1, -0.05) is 18.2 Å². The predicted octanol–water partition coefficient (Wildman–Crippen LogP) is 2.94. The highest BCUT2D eigenvalue weighted by molar-refractivity contribution is 5.76. The average molecular weight is 267 g/mol. The lowest BCUT2D eigenvalue weighted by Gasteiger charge is -2.03. The first-order valence-electron chi connectivity index (χ1n) is 6.62. The lowest BCUT2D eigenvalue weighted by molar-refractivity contribution is 0.415. The Labute approximate surface area is 117 Å². The van der Waals surface area contributed by atoms with E-state index in [0.717, 1.165) is 46.7 Å². The van der Waals surface area contributed by atoms with Crippen LogP contribution in [0.15, 0.2) is 42.5 Å². The van der Waals surface area contributed by atoms with Gasteiger partial charge in [0.1, 0.15) is 11.6 Å². The minimum atomic E-state index is 0.833. The van der Waals surface area contributed by atoms with Crippen LogP contribution in [0.25, 0.3) is 11.0 Å². The molecule has 0 amide bonds. The van der Waals surface area contributed by atoms with Gasteiger partial charge in [0.05, 0.1) is 18.1 Å². The number of imidazole rings is 1. The molecular weight excluding hydrogens is 250 g/mol. The van der Waals surface area contributed by atoms with E-state index in [1.54, 1.807) is 7.11 Å². The lowest BCUT2D eigenvalue weighted by Crippen LogP contribution is -1.97. The number of rotatable bonds is 4. The van der Waals surface area contributed by atoms with Gasteiger partial charge in [-0.2, -0.15) is 0 Å². The molecule has 0 fully saturated rings. The first kappa shape index (κ1) is 12.5. The number of nitrogens with zero attached hydrogens (tertiary/aromatic N) is 1. The molecule has 0 saturated heterocycles. The molecule has 0 saturated carbocycles. The first-order chi connectivity index (χ1) is 9.76. The Balaban J connectivity index is 1.79. The molecule has 0 spiro atoms. The Morgan fingerprint density at radius 3 is 2.80 bits per heavy atom. The van der Waals surface area contributed by atoms with E-state index in [0.29, 0.717) is 0 Å². The van der Waals surface area contributed by atoms with Crippen molar-refractivity contribution in [3.05, 3.63) is 53.9 Å². The molecule has 3 N–H and O–H groups in total. The Morgan fingerprint density at radius 2 is 2.00 bits per heavy atom. The molecule has 0 bridgehead atoms. The second-order valence-electron chi connectivity index (χ2n) is 4.77. The molecule has 3 rings (SSSR count). The third-order valence-electron chi connectivity index (χ3n) is 3.42. The van der Waals surface area contributed by atoms with Crippen molar-refractivity contribution >= 4 is 16.7 Å². The summed E-state index contributed by atoms with van der Waals surface area (Å²) in [5.41, 5.74) is 9.91. The zero-order chi connectivity index (χ0) is 13.9. The number of anilines is 1. The fourth-order valence-electron chi connectivity index (χ4n) is 2.30. The van der Waals surface area contributed by atoms with Crippen LogP contribution in [0.2, 0.25) is 0 Å². The van der Waals surface area contributed by atoms with Crippen LogP contribution in [0.5, 0.6) is 5.75 Å².